The molecule has 0 aromatic carbocycles. The first-order valence-corrected chi connectivity index (χ1v) is 7.21. The van der Waals surface area contributed by atoms with E-state index in [9.17, 15) is 9.59 Å². The van der Waals surface area contributed by atoms with Crippen molar-refractivity contribution >= 4 is 11.9 Å². The van der Waals surface area contributed by atoms with E-state index in [2.05, 4.69) is 0 Å². The Bertz CT molecular complexity index is 422. The highest BCUT2D eigenvalue weighted by Crippen LogP contribution is 2.55. The summed E-state index contributed by atoms with van der Waals surface area (Å²) in [6.07, 6.45) is 3.87. The van der Waals surface area contributed by atoms with Crippen LogP contribution in [-0.2, 0) is 19.1 Å². The molecule has 2 aliphatic carbocycles. The maximum Gasteiger partial charge on any atom is 0.312 e. The molecule has 0 amide bonds. The lowest BCUT2D eigenvalue weighted by Gasteiger charge is -2.45. The Labute approximate surface area is 113 Å². The van der Waals surface area contributed by atoms with Crippen molar-refractivity contribution in [2.75, 3.05) is 0 Å². The van der Waals surface area contributed by atoms with E-state index in [-0.39, 0.29) is 24.0 Å². The Morgan fingerprint density at radius 1 is 1.26 bits per heavy atom. The molecule has 2 saturated carbocycles. The molecule has 0 radical (unpaired) electrons. The van der Waals surface area contributed by atoms with Gasteiger partial charge in [-0.1, -0.05) is 0 Å². The van der Waals surface area contributed by atoms with Gasteiger partial charge in [0.25, 0.3) is 0 Å². The topological polar surface area (TPSA) is 52.6 Å². The molecule has 19 heavy (non-hydrogen) atoms. The zero-order chi connectivity index (χ0) is 13.8. The standard InChI is InChI=1S/C15H22O4/c1-14(2,3)19-13(17)15-6-9-4-10(7-15)12(16)18-11(5-9)8-15/h9-11H,4-8H2,1-3H3. The molecule has 4 heteroatoms. The maximum absolute atomic E-state index is 12.6. The average Bonchev–Trinajstić information content (AvgIpc) is 2.39. The lowest BCUT2D eigenvalue weighted by Crippen LogP contribution is -2.47. The Kier molecular flexibility index (Phi) is 2.70. The minimum atomic E-state index is -0.476. The van der Waals surface area contributed by atoms with E-state index < -0.39 is 11.0 Å². The first-order chi connectivity index (χ1) is 8.77. The molecule has 4 fully saturated rings. The second kappa shape index (κ2) is 3.97. The van der Waals surface area contributed by atoms with Crippen molar-refractivity contribution in [1.82, 2.24) is 0 Å². The molecule has 106 valence electrons. The van der Waals surface area contributed by atoms with Crippen LogP contribution in [0.25, 0.3) is 0 Å². The van der Waals surface area contributed by atoms with Crippen molar-refractivity contribution in [1.29, 1.82) is 0 Å². The van der Waals surface area contributed by atoms with Gasteiger partial charge in [0.15, 0.2) is 0 Å². The normalized spacial score (nSPS) is 40.8. The predicted molar refractivity (Wildman–Crippen MR) is 68.2 cm³/mol. The third-order valence-electron chi connectivity index (χ3n) is 4.60. The van der Waals surface area contributed by atoms with Gasteiger partial charge in [-0.3, -0.25) is 9.59 Å². The van der Waals surface area contributed by atoms with Gasteiger partial charge in [0.2, 0.25) is 0 Å². The molecular formula is C15H22O4. The highest BCUT2D eigenvalue weighted by molar-refractivity contribution is 5.81. The number of carbonyl (C=O) groups is 2. The molecule has 0 spiro atoms. The molecule has 4 rings (SSSR count). The van der Waals surface area contributed by atoms with Gasteiger partial charge < -0.3 is 9.47 Å². The quantitative estimate of drug-likeness (QED) is 0.684. The van der Waals surface area contributed by atoms with Crippen LogP contribution in [0.3, 0.4) is 0 Å². The summed E-state index contributed by atoms with van der Waals surface area (Å²) in [4.78, 5) is 24.5. The number of fused-ring (bicyclic) bond motifs is 1. The molecule has 4 unspecified atom stereocenters. The summed E-state index contributed by atoms with van der Waals surface area (Å²) in [6, 6.07) is 0. The van der Waals surface area contributed by atoms with Crippen molar-refractivity contribution < 1.29 is 19.1 Å². The van der Waals surface area contributed by atoms with Crippen molar-refractivity contribution in [3.63, 3.8) is 0 Å². The first kappa shape index (κ1) is 12.9. The summed E-state index contributed by atoms with van der Waals surface area (Å²) in [5.74, 6) is 0.116. The molecule has 4 bridgehead atoms. The number of rotatable bonds is 1. The molecule has 2 saturated heterocycles. The van der Waals surface area contributed by atoms with Crippen LogP contribution in [0, 0.1) is 17.3 Å². The lowest BCUT2D eigenvalue weighted by molar-refractivity contribution is -0.176. The fourth-order valence-corrected chi connectivity index (χ4v) is 4.08. The molecule has 4 nitrogen and oxygen atoms in total. The minimum Gasteiger partial charge on any atom is -0.462 e. The van der Waals surface area contributed by atoms with Gasteiger partial charge in [-0.25, -0.2) is 0 Å². The van der Waals surface area contributed by atoms with Crippen LogP contribution in [0.4, 0.5) is 0 Å². The zero-order valence-electron chi connectivity index (χ0n) is 11.9. The number of esters is 2. The van der Waals surface area contributed by atoms with Gasteiger partial charge in [0.05, 0.1) is 11.3 Å². The van der Waals surface area contributed by atoms with Crippen LogP contribution in [-0.4, -0.2) is 23.6 Å². The number of hydrogen-bond donors (Lipinski definition) is 0. The van der Waals surface area contributed by atoms with Gasteiger partial charge in [-0.15, -0.1) is 0 Å². The molecule has 0 N–H and O–H groups in total. The Morgan fingerprint density at radius 3 is 2.68 bits per heavy atom. The largest absolute Gasteiger partial charge is 0.462 e. The van der Waals surface area contributed by atoms with Gasteiger partial charge in [-0.2, -0.15) is 0 Å². The van der Waals surface area contributed by atoms with E-state index in [1.165, 1.54) is 0 Å². The molecule has 4 atom stereocenters. The van der Waals surface area contributed by atoms with E-state index in [1.807, 2.05) is 20.8 Å². The molecule has 0 aromatic rings. The summed E-state index contributed by atoms with van der Waals surface area (Å²) >= 11 is 0. The third-order valence-corrected chi connectivity index (χ3v) is 4.60. The fraction of sp³-hybridized carbons (Fsp3) is 0.867. The van der Waals surface area contributed by atoms with Crippen LogP contribution >= 0.6 is 0 Å². The van der Waals surface area contributed by atoms with E-state index in [0.29, 0.717) is 18.8 Å². The number of carbonyl (C=O) groups excluding carboxylic acids is 2. The number of ether oxygens (including phenoxy) is 2. The van der Waals surface area contributed by atoms with E-state index in [4.69, 9.17) is 9.47 Å². The third kappa shape index (κ3) is 2.26. The maximum atomic E-state index is 12.6. The molecule has 0 aromatic heterocycles. The van der Waals surface area contributed by atoms with Crippen LogP contribution in [0.1, 0.15) is 52.9 Å². The highest BCUT2D eigenvalue weighted by atomic mass is 16.6. The molecule has 2 aliphatic heterocycles. The van der Waals surface area contributed by atoms with Gasteiger partial charge in [-0.05, 0) is 52.4 Å². The van der Waals surface area contributed by atoms with Gasteiger partial charge in [0.1, 0.15) is 11.7 Å². The summed E-state index contributed by atoms with van der Waals surface area (Å²) in [5, 5.41) is 0. The minimum absolute atomic E-state index is 0.0775. The van der Waals surface area contributed by atoms with E-state index in [1.54, 1.807) is 0 Å². The Morgan fingerprint density at radius 2 is 2.00 bits per heavy atom. The van der Waals surface area contributed by atoms with Crippen molar-refractivity contribution in [2.24, 2.45) is 17.3 Å². The first-order valence-electron chi connectivity index (χ1n) is 7.21. The Balaban J connectivity index is 1.88. The molecule has 4 aliphatic rings. The zero-order valence-corrected chi connectivity index (χ0v) is 11.9. The molecular weight excluding hydrogens is 244 g/mol. The second-order valence-electron chi connectivity index (χ2n) is 7.49. The smallest absolute Gasteiger partial charge is 0.312 e. The summed E-state index contributed by atoms with van der Waals surface area (Å²) in [7, 11) is 0. The van der Waals surface area contributed by atoms with Crippen molar-refractivity contribution in [3.05, 3.63) is 0 Å². The second-order valence-corrected chi connectivity index (χ2v) is 7.49. The Hall–Kier alpha value is -1.06. The van der Waals surface area contributed by atoms with Crippen LogP contribution < -0.4 is 0 Å². The average molecular weight is 266 g/mol. The summed E-state index contributed by atoms with van der Waals surface area (Å²) in [6.45, 7) is 5.67. The highest BCUT2D eigenvalue weighted by Gasteiger charge is 2.57. The lowest BCUT2D eigenvalue weighted by atomic mass is 9.59. The monoisotopic (exact) mass is 266 g/mol. The number of hydrogen-bond acceptors (Lipinski definition) is 4. The van der Waals surface area contributed by atoms with E-state index >= 15 is 0 Å². The van der Waals surface area contributed by atoms with Crippen molar-refractivity contribution in [2.45, 2.75) is 64.6 Å². The van der Waals surface area contributed by atoms with Crippen LogP contribution in [0.5, 0.6) is 0 Å². The SMILES string of the molecule is CC(C)(C)OC(=O)C12CC3CC(C1)OC(=O)C(C3)C2. The van der Waals surface area contributed by atoms with Gasteiger partial charge >= 0.3 is 11.9 Å². The molecule has 2 heterocycles. The van der Waals surface area contributed by atoms with Crippen molar-refractivity contribution in [3.8, 4) is 0 Å². The predicted octanol–water partition coefficient (Wildman–Crippen LogP) is 2.45. The summed E-state index contributed by atoms with van der Waals surface area (Å²) < 4.78 is 11.1. The summed E-state index contributed by atoms with van der Waals surface area (Å²) in [5.41, 5.74) is -0.948. The van der Waals surface area contributed by atoms with E-state index in [0.717, 1.165) is 19.3 Å². The van der Waals surface area contributed by atoms with Crippen LogP contribution in [0.15, 0.2) is 0 Å². The van der Waals surface area contributed by atoms with Crippen LogP contribution in [0.2, 0.25) is 0 Å². The van der Waals surface area contributed by atoms with Gasteiger partial charge in [0, 0.05) is 6.42 Å². The fourth-order valence-electron chi connectivity index (χ4n) is 4.08.